The van der Waals surface area contributed by atoms with Crippen LogP contribution in [0.25, 0.3) is 22.6 Å². The Morgan fingerprint density at radius 2 is 1.76 bits per heavy atom. The van der Waals surface area contributed by atoms with E-state index < -0.39 is 5.69 Å². The quantitative estimate of drug-likeness (QED) is 0.523. The second-order valence-corrected chi connectivity index (χ2v) is 6.55. The molecular weight excluding hydrogens is 342 g/mol. The molecule has 0 amide bonds. The van der Waals surface area contributed by atoms with Crippen LogP contribution in [0.1, 0.15) is 11.4 Å². The van der Waals surface area contributed by atoms with Crippen molar-refractivity contribution in [1.82, 2.24) is 23.1 Å². The summed E-state index contributed by atoms with van der Waals surface area (Å²) in [5.74, 6) is 0.575. The molecule has 0 bridgehead atoms. The molecule has 1 aromatic carbocycles. The summed E-state index contributed by atoms with van der Waals surface area (Å²) in [5.41, 5.74) is 2.66. The van der Waals surface area contributed by atoms with E-state index >= 15 is 0 Å². The van der Waals surface area contributed by atoms with Gasteiger partial charge in [-0.25, -0.2) is 4.79 Å². The van der Waals surface area contributed by atoms with Gasteiger partial charge in [-0.15, -0.1) is 0 Å². The molecule has 8 heteroatoms. The Hall–Kier alpha value is -2.80. The zero-order valence-corrected chi connectivity index (χ0v) is 15.0. The van der Waals surface area contributed by atoms with Crippen LogP contribution in [0.2, 0.25) is 5.02 Å². The SMILES string of the molecule is Cc1c(C)n2c3c(=O)n(C)c(=O)n(C)c3nc2n1-c1cccc(Cl)c1. The van der Waals surface area contributed by atoms with Gasteiger partial charge in [0.25, 0.3) is 5.56 Å². The standard InChI is InChI=1S/C17H16ClN5O2/c1-9-10(2)23-13-14(20(3)17(25)21(4)15(13)24)19-16(23)22(9)12-7-5-6-11(18)8-12/h5-8H,1-4H3. The third-order valence-electron chi connectivity index (χ3n) is 4.70. The Labute approximate surface area is 147 Å². The van der Waals surface area contributed by atoms with Crippen molar-refractivity contribution in [1.29, 1.82) is 0 Å². The molecule has 25 heavy (non-hydrogen) atoms. The Morgan fingerprint density at radius 3 is 2.44 bits per heavy atom. The average Bonchev–Trinajstić information content (AvgIpc) is 3.07. The fourth-order valence-electron chi connectivity index (χ4n) is 3.25. The van der Waals surface area contributed by atoms with Crippen molar-refractivity contribution in [2.75, 3.05) is 0 Å². The van der Waals surface area contributed by atoms with Crippen LogP contribution in [0.5, 0.6) is 0 Å². The molecule has 0 radical (unpaired) electrons. The van der Waals surface area contributed by atoms with Crippen LogP contribution in [0.15, 0.2) is 33.9 Å². The summed E-state index contributed by atoms with van der Waals surface area (Å²) < 4.78 is 6.22. The maximum Gasteiger partial charge on any atom is 0.332 e. The van der Waals surface area contributed by atoms with Crippen molar-refractivity contribution in [3.8, 4) is 5.69 Å². The van der Waals surface area contributed by atoms with Crippen LogP contribution >= 0.6 is 11.6 Å². The van der Waals surface area contributed by atoms with E-state index in [0.29, 0.717) is 22.0 Å². The molecule has 0 saturated heterocycles. The number of rotatable bonds is 1. The van der Waals surface area contributed by atoms with Gasteiger partial charge in [-0.1, -0.05) is 17.7 Å². The first-order chi connectivity index (χ1) is 11.8. The molecule has 3 aromatic heterocycles. The first-order valence-corrected chi connectivity index (χ1v) is 8.12. The summed E-state index contributed by atoms with van der Waals surface area (Å²) in [4.78, 5) is 29.5. The Bertz CT molecular complexity index is 1290. The van der Waals surface area contributed by atoms with Crippen molar-refractivity contribution in [3.63, 3.8) is 0 Å². The molecule has 4 aromatic rings. The highest BCUT2D eigenvalue weighted by atomic mass is 35.5. The Balaban J connectivity index is 2.27. The lowest BCUT2D eigenvalue weighted by atomic mass is 10.3. The predicted octanol–water partition coefficient (Wildman–Crippen LogP) is 1.95. The van der Waals surface area contributed by atoms with Crippen LogP contribution < -0.4 is 11.2 Å². The number of nitrogens with zero attached hydrogens (tertiary/aromatic N) is 5. The first kappa shape index (κ1) is 15.7. The number of aryl methyl sites for hydroxylation is 2. The third kappa shape index (κ3) is 1.96. The number of halogens is 1. The maximum absolute atomic E-state index is 12.7. The first-order valence-electron chi connectivity index (χ1n) is 7.75. The van der Waals surface area contributed by atoms with Crippen molar-refractivity contribution in [3.05, 3.63) is 61.5 Å². The topological polar surface area (TPSA) is 66.2 Å². The summed E-state index contributed by atoms with van der Waals surface area (Å²) in [5, 5.41) is 0.612. The molecule has 0 aliphatic heterocycles. The number of aromatic nitrogens is 5. The molecule has 0 aliphatic rings. The predicted molar refractivity (Wildman–Crippen MR) is 97.0 cm³/mol. The van der Waals surface area contributed by atoms with E-state index in [1.54, 1.807) is 17.5 Å². The van der Waals surface area contributed by atoms with Crippen molar-refractivity contribution < 1.29 is 0 Å². The fourth-order valence-corrected chi connectivity index (χ4v) is 3.43. The molecule has 4 rings (SSSR count). The van der Waals surface area contributed by atoms with Gasteiger partial charge in [0, 0.05) is 30.5 Å². The van der Waals surface area contributed by atoms with E-state index in [-0.39, 0.29) is 5.56 Å². The second kappa shape index (κ2) is 5.10. The number of imidazole rings is 2. The van der Waals surface area contributed by atoms with Crippen LogP contribution in [0.3, 0.4) is 0 Å². The molecule has 0 atom stereocenters. The van der Waals surface area contributed by atoms with Crippen LogP contribution in [-0.4, -0.2) is 23.1 Å². The van der Waals surface area contributed by atoms with Crippen molar-refractivity contribution in [2.45, 2.75) is 13.8 Å². The third-order valence-corrected chi connectivity index (χ3v) is 4.94. The highest BCUT2D eigenvalue weighted by Crippen LogP contribution is 2.25. The minimum Gasteiger partial charge on any atom is -0.283 e. The molecule has 0 fully saturated rings. The van der Waals surface area contributed by atoms with Gasteiger partial charge in [-0.3, -0.25) is 22.9 Å². The van der Waals surface area contributed by atoms with E-state index in [1.807, 2.05) is 36.6 Å². The van der Waals surface area contributed by atoms with E-state index in [0.717, 1.165) is 21.6 Å². The summed E-state index contributed by atoms with van der Waals surface area (Å²) in [6.45, 7) is 3.89. The molecule has 128 valence electrons. The van der Waals surface area contributed by atoms with Crippen LogP contribution in [-0.2, 0) is 14.1 Å². The van der Waals surface area contributed by atoms with E-state index in [1.165, 1.54) is 11.6 Å². The number of hydrogen-bond acceptors (Lipinski definition) is 3. The minimum absolute atomic E-state index is 0.363. The highest BCUT2D eigenvalue weighted by Gasteiger charge is 2.22. The minimum atomic E-state index is -0.401. The highest BCUT2D eigenvalue weighted by molar-refractivity contribution is 6.30. The summed E-state index contributed by atoms with van der Waals surface area (Å²) >= 11 is 6.14. The monoisotopic (exact) mass is 357 g/mol. The van der Waals surface area contributed by atoms with Crippen molar-refractivity contribution >= 4 is 28.5 Å². The van der Waals surface area contributed by atoms with Gasteiger partial charge in [0.1, 0.15) is 0 Å². The smallest absolute Gasteiger partial charge is 0.283 e. The number of fused-ring (bicyclic) bond motifs is 3. The molecule has 0 aliphatic carbocycles. The van der Waals surface area contributed by atoms with E-state index in [9.17, 15) is 9.59 Å². The van der Waals surface area contributed by atoms with Crippen LogP contribution in [0.4, 0.5) is 0 Å². The van der Waals surface area contributed by atoms with Crippen molar-refractivity contribution in [2.24, 2.45) is 14.1 Å². The normalized spacial score (nSPS) is 11.7. The maximum atomic E-state index is 12.7. The molecule has 0 saturated carbocycles. The lowest BCUT2D eigenvalue weighted by Gasteiger charge is -2.06. The largest absolute Gasteiger partial charge is 0.332 e. The summed E-state index contributed by atoms with van der Waals surface area (Å²) in [7, 11) is 3.09. The molecule has 0 N–H and O–H groups in total. The zero-order valence-electron chi connectivity index (χ0n) is 14.2. The molecule has 0 unspecified atom stereocenters. The van der Waals surface area contributed by atoms with Gasteiger partial charge < -0.3 is 0 Å². The molecule has 3 heterocycles. The van der Waals surface area contributed by atoms with Gasteiger partial charge in [0.2, 0.25) is 5.78 Å². The van der Waals surface area contributed by atoms with Gasteiger partial charge in [0.05, 0.1) is 5.69 Å². The number of benzene rings is 1. The molecule has 0 spiro atoms. The zero-order chi connectivity index (χ0) is 18.0. The fraction of sp³-hybridized carbons (Fsp3) is 0.235. The van der Waals surface area contributed by atoms with E-state index in [2.05, 4.69) is 4.98 Å². The molecule has 7 nitrogen and oxygen atoms in total. The Morgan fingerprint density at radius 1 is 1.04 bits per heavy atom. The lowest BCUT2D eigenvalue weighted by Crippen LogP contribution is -2.37. The van der Waals surface area contributed by atoms with Gasteiger partial charge in [-0.05, 0) is 32.0 Å². The van der Waals surface area contributed by atoms with Gasteiger partial charge in [-0.2, -0.15) is 4.98 Å². The second-order valence-electron chi connectivity index (χ2n) is 6.11. The lowest BCUT2D eigenvalue weighted by molar-refractivity contribution is 0.707. The van der Waals surface area contributed by atoms with Gasteiger partial charge in [0.15, 0.2) is 11.2 Å². The average molecular weight is 358 g/mol. The van der Waals surface area contributed by atoms with Gasteiger partial charge >= 0.3 is 5.69 Å². The van der Waals surface area contributed by atoms with E-state index in [4.69, 9.17) is 11.6 Å². The van der Waals surface area contributed by atoms with Crippen LogP contribution in [0, 0.1) is 13.8 Å². The Kier molecular flexibility index (Phi) is 3.20. The summed E-state index contributed by atoms with van der Waals surface area (Å²) in [6, 6.07) is 7.43. The summed E-state index contributed by atoms with van der Waals surface area (Å²) in [6.07, 6.45) is 0. The molecular formula is C17H16ClN5O2. The number of hydrogen-bond donors (Lipinski definition) is 0.